The summed E-state index contributed by atoms with van der Waals surface area (Å²) < 4.78 is 17.2. The molecule has 0 amide bonds. The second-order valence-corrected chi connectivity index (χ2v) is 24.8. The summed E-state index contributed by atoms with van der Waals surface area (Å²) in [6.45, 7) is 2.29. The number of hydrogen-bond acceptors (Lipinski definition) is 2. The van der Waals surface area contributed by atoms with Crippen LogP contribution in [0.4, 0.5) is 0 Å². The van der Waals surface area contributed by atoms with E-state index < -0.39 is 25.2 Å². The van der Waals surface area contributed by atoms with Gasteiger partial charge in [-0.2, -0.15) is 0 Å². The fourth-order valence-corrected chi connectivity index (χ4v) is 24.7. The molecule has 7 aromatic rings. The van der Waals surface area contributed by atoms with Gasteiger partial charge < -0.3 is 8.23 Å². The van der Waals surface area contributed by atoms with Gasteiger partial charge in [-0.3, -0.25) is 0 Å². The van der Waals surface area contributed by atoms with Crippen LogP contribution < -0.4 is 36.3 Å². The van der Waals surface area contributed by atoms with Crippen LogP contribution in [0.2, 0.25) is 6.04 Å². The Kier molecular flexibility index (Phi) is 13.0. The largest absolute Gasteiger partial charge is 0.422 e. The smallest absolute Gasteiger partial charge is 0.387 e. The van der Waals surface area contributed by atoms with E-state index in [-0.39, 0.29) is 0 Å². The fraction of sp³-hybridized carbons (Fsp3) is 0.160. The molecule has 0 N–H and O–H groups in total. The highest BCUT2D eigenvalue weighted by atomic mass is 28.5. The molecular formula is C50H52O2Si3. The van der Waals surface area contributed by atoms with E-state index in [0.717, 1.165) is 22.8 Å². The Morgan fingerprint density at radius 3 is 0.945 bits per heavy atom. The van der Waals surface area contributed by atoms with Crippen LogP contribution in [-0.2, 0) is 8.23 Å². The van der Waals surface area contributed by atoms with Crippen molar-refractivity contribution in [2.45, 2.75) is 51.5 Å². The Hall–Kier alpha value is -4.89. The van der Waals surface area contributed by atoms with E-state index in [4.69, 9.17) is 8.23 Å². The lowest BCUT2D eigenvalue weighted by Crippen LogP contribution is -2.81. The Labute approximate surface area is 332 Å². The van der Waals surface area contributed by atoms with Crippen molar-refractivity contribution in [3.8, 4) is 0 Å². The van der Waals surface area contributed by atoms with E-state index in [0.29, 0.717) is 0 Å². The van der Waals surface area contributed by atoms with Gasteiger partial charge in [0.25, 0.3) is 8.32 Å². The Bertz CT molecular complexity index is 1960. The quantitative estimate of drug-likeness (QED) is 0.0500. The minimum absolute atomic E-state index is 0.960. The summed E-state index contributed by atoms with van der Waals surface area (Å²) in [6, 6.07) is 78.1. The van der Waals surface area contributed by atoms with Crippen molar-refractivity contribution in [1.82, 2.24) is 0 Å². The third-order valence-corrected chi connectivity index (χ3v) is 25.0. The molecule has 276 valence electrons. The molecule has 0 saturated heterocycles. The first-order chi connectivity index (χ1) is 27.2. The molecule has 0 aliphatic heterocycles. The first kappa shape index (κ1) is 38.4. The van der Waals surface area contributed by atoms with E-state index in [9.17, 15) is 0 Å². The van der Waals surface area contributed by atoms with Crippen molar-refractivity contribution in [2.75, 3.05) is 0 Å². The van der Waals surface area contributed by atoms with Crippen LogP contribution in [0, 0.1) is 0 Å². The Balaban J connectivity index is 1.56. The molecular weight excluding hydrogens is 717 g/mol. The van der Waals surface area contributed by atoms with Crippen molar-refractivity contribution >= 4 is 61.5 Å². The van der Waals surface area contributed by atoms with Crippen LogP contribution in [0.1, 0.15) is 45.4 Å². The van der Waals surface area contributed by atoms with Gasteiger partial charge in [-0.05, 0) is 42.4 Å². The average molecular weight is 769 g/mol. The number of hydrogen-bond donors (Lipinski definition) is 0. The van der Waals surface area contributed by atoms with Gasteiger partial charge in [0.15, 0.2) is 0 Å². The van der Waals surface area contributed by atoms with Crippen LogP contribution in [0.5, 0.6) is 0 Å². The maximum absolute atomic E-state index is 8.61. The Morgan fingerprint density at radius 1 is 0.309 bits per heavy atom. The number of rotatable bonds is 18. The summed E-state index contributed by atoms with van der Waals surface area (Å²) in [5, 5.41) is 8.40. The van der Waals surface area contributed by atoms with E-state index in [2.05, 4.69) is 219 Å². The van der Waals surface area contributed by atoms with Crippen LogP contribution in [0.25, 0.3) is 0 Å². The van der Waals surface area contributed by atoms with Crippen LogP contribution in [-0.4, -0.2) is 25.2 Å². The summed E-state index contributed by atoms with van der Waals surface area (Å²) >= 11 is 0. The SMILES string of the molecule is CCCCCCCC[Si](O[Si](O[Si](c1ccccc1)(c1ccccc1)c1ccccc1)(c1ccccc1)c1ccccc1)(c1ccccc1)c1ccccc1. The Morgan fingerprint density at radius 2 is 0.600 bits per heavy atom. The van der Waals surface area contributed by atoms with Gasteiger partial charge in [0.2, 0.25) is 8.32 Å². The molecule has 0 atom stereocenters. The monoisotopic (exact) mass is 768 g/mol. The highest BCUT2D eigenvalue weighted by Gasteiger charge is 2.57. The first-order valence-corrected chi connectivity index (χ1v) is 25.8. The molecule has 0 fully saturated rings. The molecule has 55 heavy (non-hydrogen) atoms. The highest BCUT2D eigenvalue weighted by Crippen LogP contribution is 2.27. The van der Waals surface area contributed by atoms with E-state index in [1.165, 1.54) is 58.0 Å². The molecule has 0 heterocycles. The maximum atomic E-state index is 8.61. The van der Waals surface area contributed by atoms with E-state index in [1.54, 1.807) is 0 Å². The molecule has 0 unspecified atom stereocenters. The summed E-state index contributed by atoms with van der Waals surface area (Å²) in [6.07, 6.45) is 7.31. The lowest BCUT2D eigenvalue weighted by atomic mass is 10.1. The molecule has 7 rings (SSSR count). The van der Waals surface area contributed by atoms with Crippen molar-refractivity contribution in [3.63, 3.8) is 0 Å². The van der Waals surface area contributed by atoms with Crippen molar-refractivity contribution in [3.05, 3.63) is 212 Å². The third-order valence-electron chi connectivity index (χ3n) is 10.8. The maximum Gasteiger partial charge on any atom is 0.387 e. The lowest BCUT2D eigenvalue weighted by Gasteiger charge is -2.47. The molecule has 0 aliphatic rings. The van der Waals surface area contributed by atoms with Gasteiger partial charge in [0, 0.05) is 0 Å². The fourth-order valence-electron chi connectivity index (χ4n) is 8.09. The zero-order valence-corrected chi connectivity index (χ0v) is 35.0. The van der Waals surface area contributed by atoms with Gasteiger partial charge in [-0.15, -0.1) is 0 Å². The van der Waals surface area contributed by atoms with Crippen molar-refractivity contribution < 1.29 is 8.23 Å². The molecule has 0 radical (unpaired) electrons. The topological polar surface area (TPSA) is 18.5 Å². The molecule has 0 bridgehead atoms. The second kappa shape index (κ2) is 18.6. The molecule has 0 saturated carbocycles. The van der Waals surface area contributed by atoms with Crippen molar-refractivity contribution in [1.29, 1.82) is 0 Å². The average Bonchev–Trinajstić information content (AvgIpc) is 3.28. The zero-order chi connectivity index (χ0) is 37.7. The summed E-state index contributed by atoms with van der Waals surface area (Å²) in [4.78, 5) is 0. The molecule has 0 aliphatic carbocycles. The molecule has 0 aromatic heterocycles. The number of unbranched alkanes of at least 4 members (excludes halogenated alkanes) is 5. The normalized spacial score (nSPS) is 12.0. The highest BCUT2D eigenvalue weighted by molar-refractivity contribution is 7.15. The molecule has 2 nitrogen and oxygen atoms in total. The zero-order valence-electron chi connectivity index (χ0n) is 32.0. The van der Waals surface area contributed by atoms with Gasteiger partial charge in [-0.1, -0.05) is 258 Å². The summed E-state index contributed by atoms with van der Waals surface area (Å²) in [5.41, 5.74) is 0. The lowest BCUT2D eigenvalue weighted by molar-refractivity contribution is 0.422. The predicted octanol–water partition coefficient (Wildman–Crippen LogP) is 8.06. The van der Waals surface area contributed by atoms with E-state index >= 15 is 0 Å². The first-order valence-electron chi connectivity index (χ1n) is 20.0. The third kappa shape index (κ3) is 8.37. The van der Waals surface area contributed by atoms with Gasteiger partial charge >= 0.3 is 8.56 Å². The number of benzene rings is 7. The molecule has 0 spiro atoms. The minimum Gasteiger partial charge on any atom is -0.422 e. The van der Waals surface area contributed by atoms with Crippen LogP contribution in [0.3, 0.4) is 0 Å². The second-order valence-electron chi connectivity index (χ2n) is 14.4. The van der Waals surface area contributed by atoms with Gasteiger partial charge in [0.1, 0.15) is 0 Å². The van der Waals surface area contributed by atoms with Gasteiger partial charge in [-0.25, -0.2) is 0 Å². The summed E-state index contributed by atoms with van der Waals surface area (Å²) in [7, 11) is -10.1. The predicted molar refractivity (Wildman–Crippen MR) is 240 cm³/mol. The standard InChI is InChI=1S/C50H52O2Si3/c1-2-3-4-5-6-28-43-53(44-29-14-7-15-30-44,45-31-16-8-17-32-45)51-55(49-39-24-12-25-40-49,50-41-26-13-27-42-50)52-54(46-33-18-9-19-34-46,47-35-20-10-21-36-47)48-37-22-11-23-38-48/h7-27,29-42H,2-6,28,43H2,1H3. The molecule has 7 aromatic carbocycles. The van der Waals surface area contributed by atoms with Gasteiger partial charge in [0.05, 0.1) is 0 Å². The van der Waals surface area contributed by atoms with Crippen LogP contribution >= 0.6 is 0 Å². The van der Waals surface area contributed by atoms with Crippen molar-refractivity contribution in [2.24, 2.45) is 0 Å². The summed E-state index contributed by atoms with van der Waals surface area (Å²) in [5.74, 6) is 0. The minimum atomic E-state index is -3.69. The van der Waals surface area contributed by atoms with Crippen LogP contribution in [0.15, 0.2) is 212 Å². The van der Waals surface area contributed by atoms with E-state index in [1.807, 2.05) is 0 Å². The molecule has 5 heteroatoms.